The third-order valence-corrected chi connectivity index (χ3v) is 1.78. The molecule has 1 saturated heterocycles. The molecule has 2 unspecified atom stereocenters. The fourth-order valence-electron chi connectivity index (χ4n) is 1.13. The molecule has 0 aromatic carbocycles. The molecule has 1 aliphatic rings. The maximum atomic E-state index is 12.5. The molecular weight excluding hydrogens is 121 g/mol. The van der Waals surface area contributed by atoms with Gasteiger partial charge in [0.25, 0.3) is 0 Å². The van der Waals surface area contributed by atoms with Crippen molar-refractivity contribution in [1.82, 2.24) is 5.32 Å². The van der Waals surface area contributed by atoms with Gasteiger partial charge in [-0.2, -0.15) is 0 Å². The lowest BCUT2D eigenvalue weighted by Gasteiger charge is -2.10. The Kier molecular flexibility index (Phi) is 2.42. The van der Waals surface area contributed by atoms with Gasteiger partial charge in [-0.1, -0.05) is 0 Å². The number of alkyl halides is 1. The van der Waals surface area contributed by atoms with E-state index in [1.54, 1.807) is 0 Å². The van der Waals surface area contributed by atoms with Crippen molar-refractivity contribution in [3.8, 4) is 0 Å². The Morgan fingerprint density at radius 3 is 3.00 bits per heavy atom. The van der Waals surface area contributed by atoms with Gasteiger partial charge in [0.2, 0.25) is 0 Å². The van der Waals surface area contributed by atoms with Crippen LogP contribution in [-0.2, 0) is 0 Å². The summed E-state index contributed by atoms with van der Waals surface area (Å²) < 4.78 is 12.5. The van der Waals surface area contributed by atoms with Crippen LogP contribution < -0.4 is 5.32 Å². The molecule has 9 heavy (non-hydrogen) atoms. The van der Waals surface area contributed by atoms with E-state index >= 15 is 0 Å². The summed E-state index contributed by atoms with van der Waals surface area (Å²) in [5.41, 5.74) is 0. The van der Waals surface area contributed by atoms with Gasteiger partial charge in [-0.3, -0.25) is 0 Å². The molecule has 2 atom stereocenters. The highest BCUT2D eigenvalue weighted by molar-refractivity contribution is 4.77. The zero-order valence-corrected chi connectivity index (χ0v) is 5.31. The van der Waals surface area contributed by atoms with E-state index < -0.39 is 6.17 Å². The number of nitrogens with one attached hydrogen (secondary N) is 1. The summed E-state index contributed by atoms with van der Waals surface area (Å²) >= 11 is 0. The summed E-state index contributed by atoms with van der Waals surface area (Å²) in [6.45, 7) is 1.29. The topological polar surface area (TPSA) is 32.3 Å². The molecular formula is C6H12FNO. The van der Waals surface area contributed by atoms with Gasteiger partial charge in [-0.15, -0.1) is 0 Å². The maximum absolute atomic E-state index is 12.5. The molecule has 2 N–H and O–H groups in total. The van der Waals surface area contributed by atoms with E-state index in [2.05, 4.69) is 5.32 Å². The Bertz CT molecular complexity index is 83.1. The van der Waals surface area contributed by atoms with E-state index in [0.29, 0.717) is 0 Å². The van der Waals surface area contributed by atoms with Gasteiger partial charge >= 0.3 is 0 Å². The first-order valence-corrected chi connectivity index (χ1v) is 3.30. The third kappa shape index (κ3) is 1.63. The first-order valence-electron chi connectivity index (χ1n) is 3.30. The van der Waals surface area contributed by atoms with Crippen molar-refractivity contribution in [3.05, 3.63) is 0 Å². The quantitative estimate of drug-likeness (QED) is 0.552. The number of halogens is 1. The van der Waals surface area contributed by atoms with E-state index in [1.165, 1.54) is 0 Å². The second-order valence-corrected chi connectivity index (χ2v) is 2.45. The molecule has 1 aliphatic heterocycles. The van der Waals surface area contributed by atoms with Crippen LogP contribution in [0.15, 0.2) is 0 Å². The average molecular weight is 133 g/mol. The molecule has 0 aliphatic carbocycles. The largest absolute Gasteiger partial charge is 0.393 e. The molecule has 1 fully saturated rings. The van der Waals surface area contributed by atoms with Crippen LogP contribution >= 0.6 is 0 Å². The van der Waals surface area contributed by atoms with Crippen molar-refractivity contribution in [3.63, 3.8) is 0 Å². The lowest BCUT2D eigenvalue weighted by Crippen LogP contribution is -2.21. The van der Waals surface area contributed by atoms with Crippen LogP contribution in [0.25, 0.3) is 0 Å². The molecule has 0 saturated carbocycles. The molecule has 0 aromatic heterocycles. The molecule has 1 rings (SSSR count). The van der Waals surface area contributed by atoms with Gasteiger partial charge in [-0.25, -0.2) is 4.39 Å². The Morgan fingerprint density at radius 1 is 1.78 bits per heavy atom. The average Bonchev–Trinajstić information content (AvgIpc) is 2.37. The Labute approximate surface area is 54.1 Å². The molecule has 0 bridgehead atoms. The second-order valence-electron chi connectivity index (χ2n) is 2.45. The third-order valence-electron chi connectivity index (χ3n) is 1.78. The highest BCUT2D eigenvalue weighted by Gasteiger charge is 2.23. The minimum absolute atomic E-state index is 0.0509. The van der Waals surface area contributed by atoms with Crippen molar-refractivity contribution >= 4 is 0 Å². The lowest BCUT2D eigenvalue weighted by molar-refractivity contribution is 0.133. The fourth-order valence-corrected chi connectivity index (χ4v) is 1.13. The van der Waals surface area contributed by atoms with E-state index in [1.807, 2.05) is 0 Å². The second kappa shape index (κ2) is 3.13. The van der Waals surface area contributed by atoms with Gasteiger partial charge < -0.3 is 10.4 Å². The summed E-state index contributed by atoms with van der Waals surface area (Å²) in [5, 5.41) is 11.4. The van der Waals surface area contributed by atoms with E-state index in [0.717, 1.165) is 19.5 Å². The number of aliphatic hydroxyl groups excluding tert-OH is 1. The summed E-state index contributed by atoms with van der Waals surface area (Å²) in [6, 6.07) is 0. The summed E-state index contributed by atoms with van der Waals surface area (Å²) in [7, 11) is 0. The zero-order chi connectivity index (χ0) is 6.69. The molecule has 3 heteroatoms. The number of aliphatic hydroxyl groups is 1. The van der Waals surface area contributed by atoms with Crippen LogP contribution in [0, 0.1) is 5.92 Å². The molecule has 0 amide bonds. The predicted molar refractivity (Wildman–Crippen MR) is 33.0 cm³/mol. The lowest BCUT2D eigenvalue weighted by atomic mass is 10.0. The van der Waals surface area contributed by atoms with Crippen molar-refractivity contribution < 1.29 is 9.50 Å². The minimum Gasteiger partial charge on any atom is -0.393 e. The number of hydrogen-bond acceptors (Lipinski definition) is 2. The SMILES string of the molecule is OCC(F)C1CCNC1. The smallest absolute Gasteiger partial charge is 0.127 e. The first kappa shape index (κ1) is 6.96. The zero-order valence-electron chi connectivity index (χ0n) is 5.31. The van der Waals surface area contributed by atoms with Gasteiger partial charge in [0.1, 0.15) is 6.17 Å². The van der Waals surface area contributed by atoms with E-state index in [4.69, 9.17) is 5.11 Å². The summed E-state index contributed by atoms with van der Waals surface area (Å²) in [6.07, 6.45) is -0.151. The van der Waals surface area contributed by atoms with Crippen molar-refractivity contribution in [2.45, 2.75) is 12.6 Å². The van der Waals surface area contributed by atoms with Gasteiger partial charge in [0.05, 0.1) is 6.61 Å². The van der Waals surface area contributed by atoms with Crippen LogP contribution in [0.3, 0.4) is 0 Å². The molecule has 2 nitrogen and oxygen atoms in total. The van der Waals surface area contributed by atoms with Crippen molar-refractivity contribution in [1.29, 1.82) is 0 Å². The fraction of sp³-hybridized carbons (Fsp3) is 1.00. The molecule has 54 valence electrons. The number of rotatable bonds is 2. The molecule has 0 spiro atoms. The standard InChI is InChI=1S/C6H12FNO/c7-6(4-9)5-1-2-8-3-5/h5-6,8-9H,1-4H2. The van der Waals surface area contributed by atoms with E-state index in [9.17, 15) is 4.39 Å². The summed E-state index contributed by atoms with van der Waals surface area (Å²) in [5.74, 6) is 0.0509. The maximum Gasteiger partial charge on any atom is 0.127 e. The van der Waals surface area contributed by atoms with Crippen LogP contribution in [0.5, 0.6) is 0 Å². The van der Waals surface area contributed by atoms with E-state index in [-0.39, 0.29) is 12.5 Å². The molecule has 1 heterocycles. The highest BCUT2D eigenvalue weighted by Crippen LogP contribution is 2.14. The Hall–Kier alpha value is -0.150. The van der Waals surface area contributed by atoms with Crippen LogP contribution in [0.1, 0.15) is 6.42 Å². The van der Waals surface area contributed by atoms with Gasteiger partial charge in [-0.05, 0) is 13.0 Å². The summed E-state index contributed by atoms with van der Waals surface area (Å²) in [4.78, 5) is 0. The normalized spacial score (nSPS) is 30.7. The monoisotopic (exact) mass is 133 g/mol. The number of hydrogen-bond donors (Lipinski definition) is 2. The predicted octanol–water partition coefficient (Wildman–Crippen LogP) is -0.0737. The van der Waals surface area contributed by atoms with Crippen molar-refractivity contribution in [2.24, 2.45) is 5.92 Å². The minimum atomic E-state index is -1.01. The van der Waals surface area contributed by atoms with Crippen LogP contribution in [-0.4, -0.2) is 31.0 Å². The first-order chi connectivity index (χ1) is 4.34. The van der Waals surface area contributed by atoms with Crippen LogP contribution in [0.2, 0.25) is 0 Å². The Morgan fingerprint density at radius 2 is 2.56 bits per heavy atom. The molecule has 0 aromatic rings. The Balaban J connectivity index is 2.24. The molecule has 0 radical (unpaired) electrons. The van der Waals surface area contributed by atoms with Gasteiger partial charge in [0, 0.05) is 12.5 Å². The van der Waals surface area contributed by atoms with Crippen LogP contribution in [0.4, 0.5) is 4.39 Å². The highest BCUT2D eigenvalue weighted by atomic mass is 19.1. The van der Waals surface area contributed by atoms with Crippen molar-refractivity contribution in [2.75, 3.05) is 19.7 Å². The van der Waals surface area contributed by atoms with Gasteiger partial charge in [0.15, 0.2) is 0 Å².